The summed E-state index contributed by atoms with van der Waals surface area (Å²) in [6, 6.07) is 23.6. The van der Waals surface area contributed by atoms with E-state index in [4.69, 9.17) is 10.00 Å². The van der Waals surface area contributed by atoms with Gasteiger partial charge in [-0.05, 0) is 53.9 Å². The highest BCUT2D eigenvalue weighted by Crippen LogP contribution is 2.23. The second-order valence-electron chi connectivity index (χ2n) is 6.38. The van der Waals surface area contributed by atoms with E-state index in [0.29, 0.717) is 23.2 Å². The van der Waals surface area contributed by atoms with Crippen LogP contribution < -0.4 is 5.32 Å². The van der Waals surface area contributed by atoms with E-state index in [0.717, 1.165) is 16.7 Å². The summed E-state index contributed by atoms with van der Waals surface area (Å²) in [5.74, 6) is -0.760. The minimum absolute atomic E-state index is 0.259. The first-order chi connectivity index (χ1) is 14.1. The second-order valence-corrected chi connectivity index (χ2v) is 6.38. The van der Waals surface area contributed by atoms with Crippen LogP contribution in [0, 0.1) is 11.3 Å². The quantitative estimate of drug-likeness (QED) is 0.642. The molecule has 29 heavy (non-hydrogen) atoms. The minimum Gasteiger partial charge on any atom is -0.462 e. The molecule has 5 nitrogen and oxygen atoms in total. The van der Waals surface area contributed by atoms with E-state index in [1.807, 2.05) is 30.3 Å². The summed E-state index contributed by atoms with van der Waals surface area (Å²) < 4.78 is 5.11. The number of benzene rings is 3. The molecule has 3 rings (SSSR count). The first kappa shape index (κ1) is 19.8. The van der Waals surface area contributed by atoms with Crippen LogP contribution in [0.2, 0.25) is 0 Å². The Bertz CT molecular complexity index is 1050. The zero-order chi connectivity index (χ0) is 20.6. The maximum absolute atomic E-state index is 12.7. The molecule has 0 atom stereocenters. The smallest absolute Gasteiger partial charge is 0.338 e. The highest BCUT2D eigenvalue weighted by Gasteiger charge is 2.14. The molecule has 0 aliphatic heterocycles. The van der Waals surface area contributed by atoms with E-state index < -0.39 is 5.97 Å². The van der Waals surface area contributed by atoms with Gasteiger partial charge in [0.05, 0.1) is 23.8 Å². The van der Waals surface area contributed by atoms with E-state index in [2.05, 4.69) is 11.4 Å². The van der Waals surface area contributed by atoms with Crippen molar-refractivity contribution in [2.75, 3.05) is 6.61 Å². The summed E-state index contributed by atoms with van der Waals surface area (Å²) in [7, 11) is 0. The monoisotopic (exact) mass is 384 g/mol. The summed E-state index contributed by atoms with van der Waals surface area (Å²) in [4.78, 5) is 25.0. The highest BCUT2D eigenvalue weighted by atomic mass is 16.5. The Morgan fingerprint density at radius 1 is 0.931 bits per heavy atom. The molecule has 0 bridgehead atoms. The van der Waals surface area contributed by atoms with Crippen molar-refractivity contribution in [2.45, 2.75) is 13.5 Å². The molecule has 0 fully saturated rings. The van der Waals surface area contributed by atoms with Crippen LogP contribution in [0.1, 0.15) is 38.8 Å². The summed E-state index contributed by atoms with van der Waals surface area (Å²) in [6.07, 6.45) is 0. The van der Waals surface area contributed by atoms with Crippen molar-refractivity contribution in [3.63, 3.8) is 0 Å². The van der Waals surface area contributed by atoms with E-state index in [1.54, 1.807) is 49.4 Å². The highest BCUT2D eigenvalue weighted by molar-refractivity contribution is 5.99. The van der Waals surface area contributed by atoms with Gasteiger partial charge in [0.15, 0.2) is 0 Å². The van der Waals surface area contributed by atoms with Crippen molar-refractivity contribution in [1.82, 2.24) is 5.32 Å². The van der Waals surface area contributed by atoms with Crippen LogP contribution in [0.3, 0.4) is 0 Å². The summed E-state index contributed by atoms with van der Waals surface area (Å²) >= 11 is 0. The lowest BCUT2D eigenvalue weighted by atomic mass is 9.99. The Morgan fingerprint density at radius 3 is 2.28 bits per heavy atom. The molecule has 3 aromatic rings. The molecule has 0 spiro atoms. The van der Waals surface area contributed by atoms with E-state index in [1.165, 1.54) is 0 Å². The van der Waals surface area contributed by atoms with Crippen LogP contribution >= 0.6 is 0 Å². The molecular weight excluding hydrogens is 364 g/mol. The van der Waals surface area contributed by atoms with Crippen LogP contribution in [0.25, 0.3) is 11.1 Å². The fraction of sp³-hybridized carbons (Fsp3) is 0.125. The van der Waals surface area contributed by atoms with Crippen LogP contribution in [0.15, 0.2) is 72.8 Å². The molecule has 0 radical (unpaired) electrons. The average Bonchev–Trinajstić information content (AvgIpc) is 2.78. The molecule has 1 N–H and O–H groups in total. The third kappa shape index (κ3) is 5.08. The fourth-order valence-corrected chi connectivity index (χ4v) is 2.87. The van der Waals surface area contributed by atoms with Crippen LogP contribution in [0.4, 0.5) is 0 Å². The van der Waals surface area contributed by atoms with Crippen molar-refractivity contribution >= 4 is 11.9 Å². The van der Waals surface area contributed by atoms with E-state index >= 15 is 0 Å². The molecule has 0 aromatic heterocycles. The Balaban J connectivity index is 1.85. The molecule has 1 amide bonds. The third-order valence-corrected chi connectivity index (χ3v) is 4.35. The number of esters is 1. The molecule has 0 aliphatic rings. The summed E-state index contributed by atoms with van der Waals surface area (Å²) in [6.45, 7) is 2.31. The Morgan fingerprint density at radius 2 is 1.62 bits per heavy atom. The van der Waals surface area contributed by atoms with Gasteiger partial charge in [-0.3, -0.25) is 4.79 Å². The van der Waals surface area contributed by atoms with Crippen LogP contribution in [-0.2, 0) is 11.3 Å². The fourth-order valence-electron chi connectivity index (χ4n) is 2.87. The largest absolute Gasteiger partial charge is 0.462 e. The molecule has 0 unspecified atom stereocenters. The molecule has 3 aromatic carbocycles. The standard InChI is InChI=1S/C24H20N2O3/c1-2-29-24(28)22-13-20(19-6-4-3-5-7-19)12-21(14-22)23(27)26-16-18-10-8-17(15-25)9-11-18/h3-14H,2,16H2,1H3,(H,26,27). The van der Waals surface area contributed by atoms with Gasteiger partial charge in [0.1, 0.15) is 0 Å². The molecule has 5 heteroatoms. The van der Waals surface area contributed by atoms with Gasteiger partial charge in [-0.2, -0.15) is 5.26 Å². The van der Waals surface area contributed by atoms with Crippen molar-refractivity contribution in [2.24, 2.45) is 0 Å². The Labute approximate surface area is 169 Å². The first-order valence-electron chi connectivity index (χ1n) is 9.25. The normalized spacial score (nSPS) is 10.1. The van der Waals surface area contributed by atoms with Crippen LogP contribution in [0.5, 0.6) is 0 Å². The van der Waals surface area contributed by atoms with Gasteiger partial charge in [0, 0.05) is 12.1 Å². The zero-order valence-corrected chi connectivity index (χ0v) is 16.0. The number of amides is 1. The maximum atomic E-state index is 12.7. The number of carbonyl (C=O) groups is 2. The predicted molar refractivity (Wildman–Crippen MR) is 110 cm³/mol. The first-order valence-corrected chi connectivity index (χ1v) is 9.25. The van der Waals surface area contributed by atoms with Crippen LogP contribution in [-0.4, -0.2) is 18.5 Å². The van der Waals surface area contributed by atoms with Gasteiger partial charge >= 0.3 is 5.97 Å². The molecule has 0 heterocycles. The lowest BCUT2D eigenvalue weighted by Crippen LogP contribution is -2.23. The van der Waals surface area contributed by atoms with Crippen molar-refractivity contribution in [3.8, 4) is 17.2 Å². The molecular formula is C24H20N2O3. The van der Waals surface area contributed by atoms with Gasteiger partial charge in [-0.1, -0.05) is 42.5 Å². The lowest BCUT2D eigenvalue weighted by Gasteiger charge is -2.11. The van der Waals surface area contributed by atoms with E-state index in [-0.39, 0.29) is 12.5 Å². The topological polar surface area (TPSA) is 79.2 Å². The van der Waals surface area contributed by atoms with E-state index in [9.17, 15) is 9.59 Å². The Kier molecular flexibility index (Phi) is 6.39. The SMILES string of the molecule is CCOC(=O)c1cc(C(=O)NCc2ccc(C#N)cc2)cc(-c2ccccc2)c1. The third-order valence-electron chi connectivity index (χ3n) is 4.35. The average molecular weight is 384 g/mol. The van der Waals surface area contributed by atoms with Gasteiger partial charge < -0.3 is 10.1 Å². The predicted octanol–water partition coefficient (Wildman–Crippen LogP) is 4.33. The Hall–Kier alpha value is -3.91. The molecule has 0 aliphatic carbocycles. The van der Waals surface area contributed by atoms with Crippen molar-refractivity contribution in [1.29, 1.82) is 5.26 Å². The number of rotatable bonds is 6. The second kappa shape index (κ2) is 9.34. The maximum Gasteiger partial charge on any atom is 0.338 e. The lowest BCUT2D eigenvalue weighted by molar-refractivity contribution is 0.0526. The molecule has 0 saturated heterocycles. The number of ether oxygens (including phenoxy) is 1. The number of nitrogens with one attached hydrogen (secondary N) is 1. The van der Waals surface area contributed by atoms with Crippen molar-refractivity contribution < 1.29 is 14.3 Å². The van der Waals surface area contributed by atoms with Gasteiger partial charge in [-0.15, -0.1) is 0 Å². The molecule has 144 valence electrons. The number of nitriles is 1. The number of nitrogens with zero attached hydrogens (tertiary/aromatic N) is 1. The minimum atomic E-state index is -0.466. The van der Waals surface area contributed by atoms with Gasteiger partial charge in [0.25, 0.3) is 5.91 Å². The zero-order valence-electron chi connectivity index (χ0n) is 16.0. The van der Waals surface area contributed by atoms with Crippen molar-refractivity contribution in [3.05, 3.63) is 95.1 Å². The number of carbonyl (C=O) groups excluding carboxylic acids is 2. The molecule has 0 saturated carbocycles. The number of hydrogen-bond donors (Lipinski definition) is 1. The number of hydrogen-bond acceptors (Lipinski definition) is 4. The summed E-state index contributed by atoms with van der Waals surface area (Å²) in [5.41, 5.74) is 3.82. The van der Waals surface area contributed by atoms with Gasteiger partial charge in [0.2, 0.25) is 0 Å². The summed E-state index contributed by atoms with van der Waals surface area (Å²) in [5, 5.41) is 11.7. The van der Waals surface area contributed by atoms with Gasteiger partial charge in [-0.25, -0.2) is 4.79 Å².